The summed E-state index contributed by atoms with van der Waals surface area (Å²) in [5.41, 5.74) is 1.32. The van der Waals surface area contributed by atoms with Gasteiger partial charge in [0, 0.05) is 18.1 Å². The summed E-state index contributed by atoms with van der Waals surface area (Å²) >= 11 is 3.72. The second-order valence-corrected chi connectivity index (χ2v) is 7.82. The minimum atomic E-state index is 0.390. The molecule has 3 rings (SSSR count). The summed E-state index contributed by atoms with van der Waals surface area (Å²) in [6.45, 7) is 4.40. The summed E-state index contributed by atoms with van der Waals surface area (Å²) in [4.78, 5) is 2.61. The first-order chi connectivity index (χ1) is 10.0. The van der Waals surface area contributed by atoms with Crippen molar-refractivity contribution in [2.45, 2.75) is 63.7 Å². The maximum atomic E-state index is 4.57. The quantitative estimate of drug-likeness (QED) is 0.899. The molecule has 118 valence electrons. The van der Waals surface area contributed by atoms with Crippen LogP contribution >= 0.6 is 15.9 Å². The molecular weight excluding hydrogens is 328 g/mol. The Morgan fingerprint density at radius 3 is 2.43 bits per heavy atom. The molecule has 0 radical (unpaired) electrons. The zero-order valence-electron chi connectivity index (χ0n) is 13.5. The SMILES string of the molecule is CNC(c1c(Br)cnn1C(C)C)C1CC2CCC(C1)N2C. The van der Waals surface area contributed by atoms with Gasteiger partial charge >= 0.3 is 0 Å². The molecule has 3 atom stereocenters. The molecule has 2 bridgehead atoms. The lowest BCUT2D eigenvalue weighted by Crippen LogP contribution is -2.43. The van der Waals surface area contributed by atoms with Gasteiger partial charge in [-0.1, -0.05) is 0 Å². The third kappa shape index (κ3) is 2.68. The summed E-state index contributed by atoms with van der Waals surface area (Å²) < 4.78 is 3.31. The molecule has 2 aliphatic heterocycles. The Kier molecular flexibility index (Phi) is 4.44. The monoisotopic (exact) mass is 354 g/mol. The van der Waals surface area contributed by atoms with Crippen LogP contribution in [0.15, 0.2) is 10.7 Å². The number of aromatic nitrogens is 2. The molecule has 5 heteroatoms. The zero-order valence-corrected chi connectivity index (χ0v) is 15.1. The van der Waals surface area contributed by atoms with Crippen molar-refractivity contribution < 1.29 is 0 Å². The lowest BCUT2D eigenvalue weighted by Gasteiger charge is -2.40. The molecule has 2 aliphatic rings. The first-order valence-electron chi connectivity index (χ1n) is 8.15. The average molecular weight is 355 g/mol. The Labute approximate surface area is 136 Å². The summed E-state index contributed by atoms with van der Waals surface area (Å²) in [5.74, 6) is 0.703. The standard InChI is InChI=1S/C16H27BrN4/c1-10(2)21-16(14(17)9-19-21)15(18-3)11-7-12-5-6-13(8-11)20(12)4/h9-13,15,18H,5-8H2,1-4H3. The first kappa shape index (κ1) is 15.5. The largest absolute Gasteiger partial charge is 0.311 e. The van der Waals surface area contributed by atoms with Gasteiger partial charge in [-0.05, 0) is 75.5 Å². The van der Waals surface area contributed by atoms with Gasteiger partial charge in [-0.25, -0.2) is 0 Å². The molecule has 1 N–H and O–H groups in total. The van der Waals surface area contributed by atoms with E-state index in [1.165, 1.54) is 31.4 Å². The number of hydrogen-bond donors (Lipinski definition) is 1. The number of nitrogens with zero attached hydrogens (tertiary/aromatic N) is 3. The topological polar surface area (TPSA) is 33.1 Å². The minimum Gasteiger partial charge on any atom is -0.311 e. The van der Waals surface area contributed by atoms with Crippen LogP contribution in [0.25, 0.3) is 0 Å². The van der Waals surface area contributed by atoms with E-state index >= 15 is 0 Å². The highest BCUT2D eigenvalue weighted by molar-refractivity contribution is 9.10. The average Bonchev–Trinajstić information content (AvgIpc) is 2.89. The fraction of sp³-hybridized carbons (Fsp3) is 0.812. The number of rotatable bonds is 4. The Balaban J connectivity index is 1.88. The van der Waals surface area contributed by atoms with Gasteiger partial charge in [0.2, 0.25) is 0 Å². The van der Waals surface area contributed by atoms with Crippen LogP contribution in [-0.2, 0) is 0 Å². The fourth-order valence-electron chi connectivity index (χ4n) is 4.37. The van der Waals surface area contributed by atoms with Gasteiger partial charge in [0.25, 0.3) is 0 Å². The summed E-state index contributed by atoms with van der Waals surface area (Å²) in [6.07, 6.45) is 7.29. The lowest BCUT2D eigenvalue weighted by molar-refractivity contribution is 0.111. The Morgan fingerprint density at radius 1 is 1.29 bits per heavy atom. The number of nitrogens with one attached hydrogen (secondary N) is 1. The van der Waals surface area contributed by atoms with Crippen LogP contribution in [0.2, 0.25) is 0 Å². The van der Waals surface area contributed by atoms with E-state index in [9.17, 15) is 0 Å². The van der Waals surface area contributed by atoms with E-state index in [2.05, 4.69) is 63.9 Å². The molecule has 0 aliphatic carbocycles. The van der Waals surface area contributed by atoms with Crippen molar-refractivity contribution in [2.75, 3.05) is 14.1 Å². The maximum absolute atomic E-state index is 4.57. The second-order valence-electron chi connectivity index (χ2n) is 6.96. The van der Waals surface area contributed by atoms with Crippen LogP contribution in [0.5, 0.6) is 0 Å². The van der Waals surface area contributed by atoms with Gasteiger partial charge in [0.1, 0.15) is 0 Å². The normalized spacial score (nSPS) is 31.0. The summed E-state index contributed by atoms with van der Waals surface area (Å²) in [6, 6.07) is 2.34. The van der Waals surface area contributed by atoms with Crippen molar-refractivity contribution in [3.05, 3.63) is 16.4 Å². The van der Waals surface area contributed by atoms with E-state index in [-0.39, 0.29) is 0 Å². The van der Waals surface area contributed by atoms with Gasteiger partial charge in [0.15, 0.2) is 0 Å². The number of piperidine rings is 1. The first-order valence-corrected chi connectivity index (χ1v) is 8.94. The molecule has 0 aromatic carbocycles. The van der Waals surface area contributed by atoms with Crippen molar-refractivity contribution in [3.8, 4) is 0 Å². The van der Waals surface area contributed by atoms with Crippen molar-refractivity contribution in [1.82, 2.24) is 20.0 Å². The van der Waals surface area contributed by atoms with Gasteiger partial charge in [-0.3, -0.25) is 4.68 Å². The van der Waals surface area contributed by atoms with E-state index in [4.69, 9.17) is 0 Å². The molecular formula is C16H27BrN4. The number of hydrogen-bond acceptors (Lipinski definition) is 3. The van der Waals surface area contributed by atoms with Crippen LogP contribution in [0.4, 0.5) is 0 Å². The molecule has 3 unspecified atom stereocenters. The Morgan fingerprint density at radius 2 is 1.90 bits per heavy atom. The summed E-state index contributed by atoms with van der Waals surface area (Å²) in [7, 11) is 4.40. The van der Waals surface area contributed by atoms with Crippen LogP contribution in [0.3, 0.4) is 0 Å². The fourth-order valence-corrected chi connectivity index (χ4v) is 4.89. The van der Waals surface area contributed by atoms with Crippen molar-refractivity contribution >= 4 is 15.9 Å². The molecule has 4 nitrogen and oxygen atoms in total. The van der Waals surface area contributed by atoms with E-state index in [0.717, 1.165) is 16.6 Å². The highest BCUT2D eigenvalue weighted by atomic mass is 79.9. The van der Waals surface area contributed by atoms with Gasteiger partial charge in [-0.2, -0.15) is 5.10 Å². The van der Waals surface area contributed by atoms with Crippen LogP contribution in [-0.4, -0.2) is 40.9 Å². The van der Waals surface area contributed by atoms with Crippen LogP contribution in [0, 0.1) is 5.92 Å². The van der Waals surface area contributed by atoms with Crippen LogP contribution < -0.4 is 5.32 Å². The van der Waals surface area contributed by atoms with E-state index in [0.29, 0.717) is 18.0 Å². The minimum absolute atomic E-state index is 0.390. The molecule has 21 heavy (non-hydrogen) atoms. The van der Waals surface area contributed by atoms with Gasteiger partial charge in [0.05, 0.1) is 22.4 Å². The highest BCUT2D eigenvalue weighted by Gasteiger charge is 2.42. The summed E-state index contributed by atoms with van der Waals surface area (Å²) in [5, 5.41) is 8.15. The third-order valence-corrected chi connectivity index (χ3v) is 6.10. The molecule has 0 saturated carbocycles. The van der Waals surface area contributed by atoms with Crippen molar-refractivity contribution in [1.29, 1.82) is 0 Å². The predicted molar refractivity (Wildman–Crippen MR) is 89.4 cm³/mol. The molecule has 2 saturated heterocycles. The Bertz CT molecular complexity index is 484. The second kappa shape index (κ2) is 6.01. The van der Waals surface area contributed by atoms with Gasteiger partial charge < -0.3 is 10.2 Å². The molecule has 0 amide bonds. The molecule has 1 aromatic rings. The van der Waals surface area contributed by atoms with Gasteiger partial charge in [-0.15, -0.1) is 0 Å². The molecule has 1 aromatic heterocycles. The highest BCUT2D eigenvalue weighted by Crippen LogP contribution is 2.43. The lowest BCUT2D eigenvalue weighted by atomic mass is 9.83. The zero-order chi connectivity index (χ0) is 15.1. The van der Waals surface area contributed by atoms with Crippen molar-refractivity contribution in [2.24, 2.45) is 5.92 Å². The van der Waals surface area contributed by atoms with Crippen molar-refractivity contribution in [3.63, 3.8) is 0 Å². The smallest absolute Gasteiger partial charge is 0.0701 e. The number of fused-ring (bicyclic) bond motifs is 2. The van der Waals surface area contributed by atoms with Crippen LogP contribution in [0.1, 0.15) is 57.3 Å². The maximum Gasteiger partial charge on any atom is 0.0701 e. The van der Waals surface area contributed by atoms with E-state index in [1.54, 1.807) is 0 Å². The third-order valence-electron chi connectivity index (χ3n) is 5.49. The number of halogens is 1. The molecule has 3 heterocycles. The predicted octanol–water partition coefficient (Wildman–Crippen LogP) is 3.36. The van der Waals surface area contributed by atoms with E-state index in [1.807, 2.05) is 6.20 Å². The molecule has 0 spiro atoms. The Hall–Kier alpha value is -0.390. The van der Waals surface area contributed by atoms with E-state index < -0.39 is 0 Å². The molecule has 2 fully saturated rings.